The van der Waals surface area contributed by atoms with Crippen LogP contribution in [0.1, 0.15) is 15.4 Å². The van der Waals surface area contributed by atoms with E-state index in [1.54, 1.807) is 58.2 Å². The van der Waals surface area contributed by atoms with Crippen LogP contribution in [-0.2, 0) is 6.54 Å². The highest BCUT2D eigenvalue weighted by Gasteiger charge is 2.16. The number of hydrogen-bond acceptors (Lipinski definition) is 8. The Morgan fingerprint density at radius 1 is 1.10 bits per heavy atom. The molecule has 0 aliphatic carbocycles. The molecule has 0 fully saturated rings. The van der Waals surface area contributed by atoms with Gasteiger partial charge in [-0.1, -0.05) is 29.0 Å². The van der Waals surface area contributed by atoms with E-state index in [-0.39, 0.29) is 18.0 Å². The van der Waals surface area contributed by atoms with E-state index in [2.05, 4.69) is 25.5 Å². The largest absolute Gasteiger partial charge is 0.487 e. The zero-order valence-corrected chi connectivity index (χ0v) is 23.7. The Balaban J connectivity index is 1.23. The highest BCUT2D eigenvalue weighted by molar-refractivity contribution is 7.18. The van der Waals surface area contributed by atoms with E-state index in [0.29, 0.717) is 45.2 Å². The third kappa shape index (κ3) is 6.17. The van der Waals surface area contributed by atoms with Crippen molar-refractivity contribution in [3.63, 3.8) is 0 Å². The van der Waals surface area contributed by atoms with Gasteiger partial charge in [0.05, 0.1) is 39.5 Å². The Kier molecular flexibility index (Phi) is 7.93. The van der Waals surface area contributed by atoms with Crippen LogP contribution in [0.4, 0.5) is 5.69 Å². The van der Waals surface area contributed by atoms with Crippen LogP contribution in [0.3, 0.4) is 0 Å². The molecule has 42 heavy (non-hydrogen) atoms. The van der Waals surface area contributed by atoms with Crippen molar-refractivity contribution in [3.8, 4) is 17.1 Å². The van der Waals surface area contributed by atoms with Crippen molar-refractivity contribution in [2.45, 2.75) is 6.54 Å². The molecule has 0 atom stereocenters. The summed E-state index contributed by atoms with van der Waals surface area (Å²) >= 11 is 7.16. The third-order valence-corrected chi connectivity index (χ3v) is 7.65. The molecule has 1 N–H and O–H groups in total. The monoisotopic (exact) mass is 597 g/mol. The molecular weight excluding hydrogens is 574 g/mol. The summed E-state index contributed by atoms with van der Waals surface area (Å²) in [6.07, 6.45) is 13.0. The Labute approximate surface area is 249 Å². The molecular formula is C30H24ClN7O3S. The minimum Gasteiger partial charge on any atom is -0.487 e. The molecule has 0 unspecified atom stereocenters. The van der Waals surface area contributed by atoms with Crippen molar-refractivity contribution >= 4 is 34.5 Å². The maximum absolute atomic E-state index is 12.5. The van der Waals surface area contributed by atoms with E-state index in [0.717, 1.165) is 11.3 Å². The first-order valence-electron chi connectivity index (χ1n) is 13.0. The second kappa shape index (κ2) is 12.2. The van der Waals surface area contributed by atoms with Crippen molar-refractivity contribution in [2.24, 2.45) is 0 Å². The van der Waals surface area contributed by atoms with E-state index in [1.807, 2.05) is 48.8 Å². The van der Waals surface area contributed by atoms with Crippen LogP contribution >= 0.6 is 22.9 Å². The number of amides is 1. The second-order valence-electron chi connectivity index (χ2n) is 9.30. The first-order valence-corrected chi connectivity index (χ1v) is 14.2. The fraction of sp³-hybridized carbons (Fsp3) is 0.100. The average molecular weight is 598 g/mol. The Hall–Kier alpha value is -5.00. The van der Waals surface area contributed by atoms with Crippen LogP contribution < -0.4 is 20.5 Å². The van der Waals surface area contributed by atoms with Gasteiger partial charge in [0.1, 0.15) is 23.7 Å². The van der Waals surface area contributed by atoms with E-state index in [4.69, 9.17) is 16.3 Å². The van der Waals surface area contributed by atoms with Gasteiger partial charge in [-0.3, -0.25) is 19.1 Å². The summed E-state index contributed by atoms with van der Waals surface area (Å²) in [6, 6.07) is 17.7. The van der Waals surface area contributed by atoms with Gasteiger partial charge in [-0.15, -0.1) is 16.4 Å². The number of thiophene rings is 1. The van der Waals surface area contributed by atoms with Crippen molar-refractivity contribution in [1.82, 2.24) is 29.9 Å². The number of nitrogens with one attached hydrogen (secondary N) is 1. The molecule has 1 aromatic carbocycles. The number of nitrogens with zero attached hydrogens (tertiary/aromatic N) is 6. The average Bonchev–Trinajstić information content (AvgIpc) is 3.69. The zero-order valence-electron chi connectivity index (χ0n) is 22.1. The lowest BCUT2D eigenvalue weighted by atomic mass is 10.2. The first kappa shape index (κ1) is 27.2. The molecule has 0 bridgehead atoms. The Morgan fingerprint density at radius 2 is 2.02 bits per heavy atom. The summed E-state index contributed by atoms with van der Waals surface area (Å²) in [6.45, 7) is 1.13. The van der Waals surface area contributed by atoms with Crippen LogP contribution in [-0.4, -0.2) is 43.6 Å². The summed E-state index contributed by atoms with van der Waals surface area (Å²) in [5.41, 5.74) is 3.71. The number of carbonyl (C=O) groups excluding carboxylic acids is 1. The second-order valence-corrected chi connectivity index (χ2v) is 11.0. The number of anilines is 1. The lowest BCUT2D eigenvalue weighted by Gasteiger charge is -2.24. The third-order valence-electron chi connectivity index (χ3n) is 6.42. The fourth-order valence-electron chi connectivity index (χ4n) is 4.36. The van der Waals surface area contributed by atoms with Gasteiger partial charge in [0.25, 0.3) is 11.5 Å². The molecule has 1 aliphatic heterocycles. The molecule has 0 radical (unpaired) electrons. The van der Waals surface area contributed by atoms with Gasteiger partial charge < -0.3 is 15.0 Å². The predicted molar refractivity (Wildman–Crippen MR) is 162 cm³/mol. The molecule has 210 valence electrons. The first-order chi connectivity index (χ1) is 20.5. The normalized spacial score (nSPS) is 12.7. The molecule has 10 nitrogen and oxygen atoms in total. The lowest BCUT2D eigenvalue weighted by molar-refractivity contribution is 0.0954. The van der Waals surface area contributed by atoms with Crippen molar-refractivity contribution in [3.05, 3.63) is 135 Å². The molecule has 5 heterocycles. The van der Waals surface area contributed by atoms with Crippen LogP contribution in [0.25, 0.3) is 11.4 Å². The molecule has 0 spiro atoms. The number of halogens is 1. The Bertz CT molecular complexity index is 1840. The number of pyridine rings is 2. The van der Waals surface area contributed by atoms with Gasteiger partial charge in [-0.05, 0) is 54.1 Å². The molecule has 0 saturated carbocycles. The maximum Gasteiger partial charge on any atom is 0.261 e. The topological polar surface area (TPSA) is 107 Å². The number of benzene rings is 1. The van der Waals surface area contributed by atoms with Crippen LogP contribution in [0.15, 0.2) is 114 Å². The fourth-order valence-corrected chi connectivity index (χ4v) is 5.32. The quantitative estimate of drug-likeness (QED) is 0.260. The van der Waals surface area contributed by atoms with Crippen LogP contribution in [0.5, 0.6) is 5.75 Å². The minimum atomic E-state index is -0.238. The number of aromatic nitrogens is 5. The molecule has 5 aromatic rings. The number of rotatable bonds is 9. The molecule has 0 saturated heterocycles. The zero-order chi connectivity index (χ0) is 28.9. The SMILES string of the molecule is O=C(NCc1cn(-c2ccc(-n3ccccc3=O)cc2OCC2=CC=CN(c3cccnc3)C2)nn1)c1ccc(Cl)s1. The summed E-state index contributed by atoms with van der Waals surface area (Å²) in [5, 5.41) is 11.3. The van der Waals surface area contributed by atoms with E-state index in [9.17, 15) is 9.59 Å². The maximum atomic E-state index is 12.5. The number of ether oxygens (including phenoxy) is 1. The predicted octanol–water partition coefficient (Wildman–Crippen LogP) is 4.80. The minimum absolute atomic E-state index is 0.158. The summed E-state index contributed by atoms with van der Waals surface area (Å²) in [4.78, 5) is 31.8. The Morgan fingerprint density at radius 3 is 2.83 bits per heavy atom. The molecule has 4 aromatic heterocycles. The van der Waals surface area contributed by atoms with E-state index >= 15 is 0 Å². The molecule has 6 rings (SSSR count). The number of allylic oxidation sites excluding steroid dienone is 2. The lowest BCUT2D eigenvalue weighted by Crippen LogP contribution is -2.24. The van der Waals surface area contributed by atoms with E-state index < -0.39 is 0 Å². The summed E-state index contributed by atoms with van der Waals surface area (Å²) in [7, 11) is 0. The van der Waals surface area contributed by atoms with Crippen LogP contribution in [0, 0.1) is 0 Å². The summed E-state index contributed by atoms with van der Waals surface area (Å²) < 4.78 is 10.0. The van der Waals surface area contributed by atoms with Crippen LogP contribution in [0.2, 0.25) is 4.34 Å². The van der Waals surface area contributed by atoms with Crippen molar-refractivity contribution in [2.75, 3.05) is 18.1 Å². The molecule has 1 amide bonds. The smallest absolute Gasteiger partial charge is 0.261 e. The van der Waals surface area contributed by atoms with Gasteiger partial charge in [0.15, 0.2) is 0 Å². The number of hydrogen-bond donors (Lipinski definition) is 1. The van der Waals surface area contributed by atoms with Gasteiger partial charge in [0, 0.05) is 37.3 Å². The highest BCUT2D eigenvalue weighted by atomic mass is 35.5. The van der Waals surface area contributed by atoms with Gasteiger partial charge in [-0.25, -0.2) is 4.68 Å². The standard InChI is InChI=1S/C30H24ClN7O3S/c31-28-11-10-27(42-28)30(40)33-16-22-19-38(35-34-22)25-9-8-23(37-14-2-1-7-29(37)39)15-26(25)41-20-21-5-4-13-36(18-21)24-6-3-12-32-17-24/h1-15,17,19H,16,18,20H2,(H,33,40). The highest BCUT2D eigenvalue weighted by Crippen LogP contribution is 2.27. The summed E-state index contributed by atoms with van der Waals surface area (Å²) in [5.74, 6) is 0.276. The van der Waals surface area contributed by atoms with E-state index in [1.165, 1.54) is 17.4 Å². The van der Waals surface area contributed by atoms with Crippen molar-refractivity contribution < 1.29 is 9.53 Å². The van der Waals surface area contributed by atoms with Crippen molar-refractivity contribution in [1.29, 1.82) is 0 Å². The van der Waals surface area contributed by atoms with Gasteiger partial charge in [0.2, 0.25) is 0 Å². The van der Waals surface area contributed by atoms with Gasteiger partial charge in [-0.2, -0.15) is 0 Å². The molecule has 1 aliphatic rings. The number of carbonyl (C=O) groups is 1. The van der Waals surface area contributed by atoms with Gasteiger partial charge >= 0.3 is 0 Å². The molecule has 12 heteroatoms.